The summed E-state index contributed by atoms with van der Waals surface area (Å²) in [5.41, 5.74) is 3.91. The molecule has 142 valence electrons. The molecule has 0 aliphatic heterocycles. The number of aromatic amines is 1. The van der Waals surface area contributed by atoms with Crippen molar-refractivity contribution in [2.75, 3.05) is 0 Å². The fraction of sp³-hybridized carbons (Fsp3) is 0.0476. The largest absolute Gasteiger partial charge is 0.341 e. The van der Waals surface area contributed by atoms with Gasteiger partial charge < -0.3 is 4.98 Å². The minimum Gasteiger partial charge on any atom is -0.341 e. The summed E-state index contributed by atoms with van der Waals surface area (Å²) in [6.07, 6.45) is 3.55. The first-order valence-corrected chi connectivity index (χ1v) is 10.7. The molecular formula is C21H15BrN6S. The zero-order chi connectivity index (χ0) is 19.6. The van der Waals surface area contributed by atoms with Crippen LogP contribution in [0.4, 0.5) is 0 Å². The molecule has 3 aromatic heterocycles. The fourth-order valence-electron chi connectivity index (χ4n) is 3.08. The van der Waals surface area contributed by atoms with E-state index in [1.807, 2.05) is 60.7 Å². The Hall–Kier alpha value is -2.97. The van der Waals surface area contributed by atoms with Gasteiger partial charge in [-0.25, -0.2) is 4.98 Å². The number of rotatable bonds is 5. The highest BCUT2D eigenvalue weighted by molar-refractivity contribution is 9.10. The predicted molar refractivity (Wildman–Crippen MR) is 118 cm³/mol. The summed E-state index contributed by atoms with van der Waals surface area (Å²) in [6, 6.07) is 20.0. The van der Waals surface area contributed by atoms with Crippen molar-refractivity contribution in [2.24, 2.45) is 0 Å². The van der Waals surface area contributed by atoms with E-state index in [-0.39, 0.29) is 0 Å². The van der Waals surface area contributed by atoms with E-state index in [9.17, 15) is 0 Å². The Labute approximate surface area is 179 Å². The number of nitrogens with one attached hydrogen (secondary N) is 1. The fourth-order valence-corrected chi connectivity index (χ4v) is 4.16. The van der Waals surface area contributed by atoms with Gasteiger partial charge in [0.2, 0.25) is 0 Å². The molecule has 0 saturated carbocycles. The van der Waals surface area contributed by atoms with E-state index in [1.54, 1.807) is 24.2 Å². The smallest absolute Gasteiger partial charge is 0.196 e. The van der Waals surface area contributed by atoms with Crippen LogP contribution >= 0.6 is 27.7 Å². The molecule has 0 radical (unpaired) electrons. The second-order valence-corrected chi connectivity index (χ2v) is 8.21. The summed E-state index contributed by atoms with van der Waals surface area (Å²) in [5, 5.41) is 9.70. The van der Waals surface area contributed by atoms with E-state index in [0.717, 1.165) is 43.6 Å². The van der Waals surface area contributed by atoms with E-state index in [2.05, 4.69) is 45.6 Å². The van der Waals surface area contributed by atoms with Crippen LogP contribution in [0.1, 0.15) is 5.82 Å². The Bertz CT molecular complexity index is 1230. The lowest BCUT2D eigenvalue weighted by molar-refractivity contribution is 0.884. The molecule has 0 aliphatic rings. The van der Waals surface area contributed by atoms with E-state index >= 15 is 0 Å². The lowest BCUT2D eigenvalue weighted by atomic mass is 10.2. The van der Waals surface area contributed by atoms with Crippen molar-refractivity contribution in [3.63, 3.8) is 0 Å². The van der Waals surface area contributed by atoms with Crippen LogP contribution in [0.3, 0.4) is 0 Å². The molecule has 0 atom stereocenters. The summed E-state index contributed by atoms with van der Waals surface area (Å²) >= 11 is 5.09. The number of nitrogens with zero attached hydrogens (tertiary/aromatic N) is 5. The van der Waals surface area contributed by atoms with Crippen LogP contribution in [0.25, 0.3) is 28.1 Å². The zero-order valence-electron chi connectivity index (χ0n) is 15.2. The molecule has 8 heteroatoms. The van der Waals surface area contributed by atoms with Crippen molar-refractivity contribution in [1.82, 2.24) is 29.7 Å². The quantitative estimate of drug-likeness (QED) is 0.360. The van der Waals surface area contributed by atoms with Gasteiger partial charge in [0.25, 0.3) is 0 Å². The van der Waals surface area contributed by atoms with Crippen molar-refractivity contribution in [2.45, 2.75) is 10.9 Å². The average molecular weight is 463 g/mol. The Morgan fingerprint density at radius 3 is 2.62 bits per heavy atom. The molecule has 5 aromatic rings. The minimum atomic E-state index is 0.663. The molecule has 29 heavy (non-hydrogen) atoms. The van der Waals surface area contributed by atoms with Gasteiger partial charge in [0, 0.05) is 28.1 Å². The van der Waals surface area contributed by atoms with E-state index in [1.165, 1.54) is 0 Å². The van der Waals surface area contributed by atoms with Crippen LogP contribution in [0, 0.1) is 0 Å². The van der Waals surface area contributed by atoms with E-state index < -0.39 is 0 Å². The number of imidazole rings is 1. The molecule has 6 nitrogen and oxygen atoms in total. The third-order valence-corrected chi connectivity index (χ3v) is 5.88. The molecule has 0 spiro atoms. The lowest BCUT2D eigenvalue weighted by Gasteiger charge is -2.10. The Balaban J connectivity index is 1.52. The zero-order valence-corrected chi connectivity index (χ0v) is 17.6. The van der Waals surface area contributed by atoms with Crippen molar-refractivity contribution in [3.05, 3.63) is 83.4 Å². The third kappa shape index (κ3) is 3.68. The molecule has 0 unspecified atom stereocenters. The van der Waals surface area contributed by atoms with Crippen molar-refractivity contribution < 1.29 is 0 Å². The van der Waals surface area contributed by atoms with Crippen LogP contribution in [-0.2, 0) is 5.75 Å². The van der Waals surface area contributed by atoms with Crippen LogP contribution < -0.4 is 0 Å². The number of hydrogen-bond acceptors (Lipinski definition) is 5. The first-order valence-electron chi connectivity index (χ1n) is 8.96. The van der Waals surface area contributed by atoms with Gasteiger partial charge in [-0.3, -0.25) is 9.55 Å². The van der Waals surface area contributed by atoms with Crippen LogP contribution in [-0.4, -0.2) is 29.7 Å². The maximum Gasteiger partial charge on any atom is 0.196 e. The summed E-state index contributed by atoms with van der Waals surface area (Å²) < 4.78 is 3.07. The molecule has 1 N–H and O–H groups in total. The third-order valence-electron chi connectivity index (χ3n) is 4.41. The summed E-state index contributed by atoms with van der Waals surface area (Å²) in [4.78, 5) is 12.2. The number of aromatic nitrogens is 6. The van der Waals surface area contributed by atoms with Gasteiger partial charge in [-0.1, -0.05) is 39.8 Å². The minimum absolute atomic E-state index is 0.663. The first kappa shape index (κ1) is 18.1. The van der Waals surface area contributed by atoms with E-state index in [4.69, 9.17) is 0 Å². The van der Waals surface area contributed by atoms with Crippen LogP contribution in [0.2, 0.25) is 0 Å². The molecule has 0 saturated heterocycles. The normalized spacial score (nSPS) is 11.2. The average Bonchev–Trinajstić information content (AvgIpc) is 3.37. The number of benzene rings is 2. The molecule has 3 heterocycles. The molecule has 0 amide bonds. The second kappa shape index (κ2) is 7.81. The number of halogens is 1. The van der Waals surface area contributed by atoms with E-state index in [0.29, 0.717) is 5.75 Å². The topological polar surface area (TPSA) is 72.3 Å². The monoisotopic (exact) mass is 462 g/mol. The number of hydrogen-bond donors (Lipinski definition) is 1. The van der Waals surface area contributed by atoms with Gasteiger partial charge in [0.1, 0.15) is 5.82 Å². The van der Waals surface area contributed by atoms with Gasteiger partial charge in [0.05, 0.1) is 16.8 Å². The van der Waals surface area contributed by atoms with Crippen molar-refractivity contribution >= 4 is 38.7 Å². The lowest BCUT2D eigenvalue weighted by Crippen LogP contribution is -2.00. The van der Waals surface area contributed by atoms with Gasteiger partial charge in [-0.15, -0.1) is 10.2 Å². The summed E-state index contributed by atoms with van der Waals surface area (Å²) in [7, 11) is 0. The second-order valence-electron chi connectivity index (χ2n) is 6.35. The molecule has 5 rings (SSSR count). The number of H-pyrrole nitrogens is 1. The molecule has 0 aliphatic carbocycles. The molecule has 0 bridgehead atoms. The van der Waals surface area contributed by atoms with Crippen LogP contribution in [0.5, 0.6) is 0 Å². The maximum absolute atomic E-state index is 4.66. The maximum atomic E-state index is 4.66. The molecule has 2 aromatic carbocycles. The van der Waals surface area contributed by atoms with Gasteiger partial charge in [0.15, 0.2) is 11.0 Å². The predicted octanol–water partition coefficient (Wildman–Crippen LogP) is 5.26. The molecular weight excluding hydrogens is 448 g/mol. The van der Waals surface area contributed by atoms with Gasteiger partial charge in [-0.2, -0.15) is 0 Å². The number of para-hydroxylation sites is 2. The van der Waals surface area contributed by atoms with Gasteiger partial charge in [-0.05, 0) is 48.5 Å². The molecule has 0 fully saturated rings. The Morgan fingerprint density at radius 2 is 1.83 bits per heavy atom. The Kier molecular flexibility index (Phi) is 4.87. The number of pyridine rings is 1. The highest BCUT2D eigenvalue weighted by atomic mass is 79.9. The van der Waals surface area contributed by atoms with Crippen molar-refractivity contribution in [1.29, 1.82) is 0 Å². The highest BCUT2D eigenvalue weighted by Crippen LogP contribution is 2.30. The highest BCUT2D eigenvalue weighted by Gasteiger charge is 2.17. The van der Waals surface area contributed by atoms with Crippen LogP contribution in [0.15, 0.2) is 82.7 Å². The van der Waals surface area contributed by atoms with Crippen molar-refractivity contribution in [3.8, 4) is 17.1 Å². The first-order chi connectivity index (χ1) is 14.3. The standard InChI is InChI=1S/C21H15BrN6S/c22-15-7-9-16(10-8-15)28-20(14-4-3-11-23-12-14)26-27-21(28)29-13-19-24-17-5-1-2-6-18(17)25-19/h1-12H,13H2,(H,24,25). The number of thioether (sulfide) groups is 1. The summed E-state index contributed by atoms with van der Waals surface area (Å²) in [5.74, 6) is 2.33. The number of fused-ring (bicyclic) bond motifs is 1. The van der Waals surface area contributed by atoms with Gasteiger partial charge >= 0.3 is 0 Å². The SMILES string of the molecule is Brc1ccc(-n2c(SCc3nc4ccccc4[nH]3)nnc2-c2cccnc2)cc1. The Morgan fingerprint density at radius 1 is 0.966 bits per heavy atom. The summed E-state index contributed by atoms with van der Waals surface area (Å²) in [6.45, 7) is 0.